The first-order valence-corrected chi connectivity index (χ1v) is 7.25. The molecular weight excluding hydrogens is 336 g/mol. The van der Waals surface area contributed by atoms with Gasteiger partial charge in [-0.05, 0) is 24.6 Å². The molecular formula is C15H19F6N3. The van der Waals surface area contributed by atoms with E-state index in [2.05, 4.69) is 10.3 Å². The Hall–Kier alpha value is -1.93. The van der Waals surface area contributed by atoms with Crippen LogP contribution in [0.15, 0.2) is 29.3 Å². The van der Waals surface area contributed by atoms with Crippen molar-refractivity contribution in [3.63, 3.8) is 0 Å². The summed E-state index contributed by atoms with van der Waals surface area (Å²) in [5, 5.41) is 2.85. The molecule has 0 unspecified atom stereocenters. The fourth-order valence-electron chi connectivity index (χ4n) is 1.91. The van der Waals surface area contributed by atoms with Gasteiger partial charge >= 0.3 is 12.4 Å². The maximum atomic E-state index is 12.5. The lowest BCUT2D eigenvalue weighted by Crippen LogP contribution is -2.38. The van der Waals surface area contributed by atoms with Crippen LogP contribution in [0.1, 0.15) is 24.5 Å². The quantitative estimate of drug-likeness (QED) is 0.490. The summed E-state index contributed by atoms with van der Waals surface area (Å²) in [7, 11) is 1.60. The number of hydrogen-bond donors (Lipinski definition) is 1. The van der Waals surface area contributed by atoms with Gasteiger partial charge in [-0.3, -0.25) is 4.99 Å². The number of alkyl halides is 6. The van der Waals surface area contributed by atoms with Gasteiger partial charge in [-0.2, -0.15) is 26.3 Å². The Morgan fingerprint density at radius 3 is 2.12 bits per heavy atom. The van der Waals surface area contributed by atoms with E-state index < -0.39 is 30.9 Å². The Bertz CT molecular complexity index is 534. The van der Waals surface area contributed by atoms with Gasteiger partial charge in [0.2, 0.25) is 0 Å². The highest BCUT2D eigenvalue weighted by Gasteiger charge is 2.30. The molecule has 0 spiro atoms. The molecule has 0 aromatic heterocycles. The highest BCUT2D eigenvalue weighted by atomic mass is 19.4. The Balaban J connectivity index is 2.74. The van der Waals surface area contributed by atoms with Crippen LogP contribution < -0.4 is 5.32 Å². The van der Waals surface area contributed by atoms with Crippen LogP contribution in [0.25, 0.3) is 0 Å². The second-order valence-corrected chi connectivity index (χ2v) is 5.15. The van der Waals surface area contributed by atoms with Crippen molar-refractivity contribution in [1.29, 1.82) is 0 Å². The number of nitrogens with one attached hydrogen (secondary N) is 1. The van der Waals surface area contributed by atoms with Gasteiger partial charge in [0.25, 0.3) is 0 Å². The largest absolute Gasteiger partial charge is 0.416 e. The second-order valence-electron chi connectivity index (χ2n) is 5.15. The summed E-state index contributed by atoms with van der Waals surface area (Å²) in [6.45, 7) is 2.03. The molecule has 0 aliphatic heterocycles. The van der Waals surface area contributed by atoms with Gasteiger partial charge in [-0.25, -0.2) is 0 Å². The first-order chi connectivity index (χ1) is 11.0. The van der Waals surface area contributed by atoms with Crippen LogP contribution in [0.3, 0.4) is 0 Å². The van der Waals surface area contributed by atoms with Crippen LogP contribution in [0, 0.1) is 0 Å². The Labute approximate surface area is 136 Å². The maximum absolute atomic E-state index is 12.5. The van der Waals surface area contributed by atoms with Gasteiger partial charge in [0, 0.05) is 20.1 Å². The summed E-state index contributed by atoms with van der Waals surface area (Å²) in [6, 6.07) is 4.60. The molecule has 0 heterocycles. The number of guanidine groups is 1. The summed E-state index contributed by atoms with van der Waals surface area (Å²) >= 11 is 0. The second kappa shape index (κ2) is 8.25. The summed E-state index contributed by atoms with van der Waals surface area (Å²) in [6.07, 6.45) is -9.72. The molecule has 1 aromatic carbocycles. The van der Waals surface area contributed by atoms with E-state index in [0.29, 0.717) is 12.1 Å². The smallest absolute Gasteiger partial charge is 0.357 e. The van der Waals surface area contributed by atoms with E-state index in [-0.39, 0.29) is 12.5 Å². The van der Waals surface area contributed by atoms with Crippen molar-refractivity contribution < 1.29 is 26.3 Å². The lowest BCUT2D eigenvalue weighted by Gasteiger charge is -2.22. The Morgan fingerprint density at radius 2 is 1.67 bits per heavy atom. The Kier molecular flexibility index (Phi) is 6.92. The summed E-state index contributed by atoms with van der Waals surface area (Å²) in [5.41, 5.74) is -0.161. The van der Waals surface area contributed by atoms with Crippen molar-refractivity contribution >= 4 is 5.96 Å². The average molecular weight is 355 g/mol. The maximum Gasteiger partial charge on any atom is 0.416 e. The fraction of sp³-hybridized carbons (Fsp3) is 0.533. The van der Waals surface area contributed by atoms with E-state index >= 15 is 0 Å². The molecule has 3 nitrogen and oxygen atoms in total. The van der Waals surface area contributed by atoms with Gasteiger partial charge in [-0.15, -0.1) is 0 Å². The number of hydrogen-bond acceptors (Lipinski definition) is 1. The van der Waals surface area contributed by atoms with E-state index in [0.717, 1.165) is 12.1 Å². The lowest BCUT2D eigenvalue weighted by molar-refractivity contribution is -0.137. The summed E-state index contributed by atoms with van der Waals surface area (Å²) < 4.78 is 74.1. The van der Waals surface area contributed by atoms with Crippen LogP contribution in [-0.4, -0.2) is 37.2 Å². The van der Waals surface area contributed by atoms with E-state index in [9.17, 15) is 26.3 Å². The normalized spacial score (nSPS) is 13.1. The molecule has 24 heavy (non-hydrogen) atoms. The minimum atomic E-state index is -4.40. The van der Waals surface area contributed by atoms with Crippen molar-refractivity contribution in [2.75, 3.05) is 20.1 Å². The molecule has 0 fully saturated rings. The molecule has 0 radical (unpaired) electrons. The van der Waals surface area contributed by atoms with Crippen molar-refractivity contribution in [2.45, 2.75) is 32.2 Å². The van der Waals surface area contributed by atoms with Crippen molar-refractivity contribution in [2.24, 2.45) is 4.99 Å². The van der Waals surface area contributed by atoms with E-state index in [1.807, 2.05) is 0 Å². The monoisotopic (exact) mass is 355 g/mol. The molecule has 1 N–H and O–H groups in total. The van der Waals surface area contributed by atoms with Gasteiger partial charge in [-0.1, -0.05) is 12.1 Å². The van der Waals surface area contributed by atoms with Gasteiger partial charge < -0.3 is 10.2 Å². The van der Waals surface area contributed by atoms with Crippen molar-refractivity contribution in [3.8, 4) is 0 Å². The van der Waals surface area contributed by atoms with E-state index in [1.54, 1.807) is 18.9 Å². The number of aliphatic imine (C=N–C) groups is 1. The van der Waals surface area contributed by atoms with Crippen LogP contribution in [0.4, 0.5) is 26.3 Å². The highest BCUT2D eigenvalue weighted by molar-refractivity contribution is 5.79. The first-order valence-electron chi connectivity index (χ1n) is 7.25. The third-order valence-electron chi connectivity index (χ3n) is 3.05. The lowest BCUT2D eigenvalue weighted by atomic mass is 10.1. The molecule has 0 saturated carbocycles. The molecule has 0 aliphatic rings. The zero-order valence-electron chi connectivity index (χ0n) is 13.3. The SMILES string of the molecule is CCNC(=NCCC(F)(F)F)N(C)Cc1ccc(C(F)(F)F)cc1. The molecule has 0 aliphatic carbocycles. The highest BCUT2D eigenvalue weighted by Crippen LogP contribution is 2.29. The van der Waals surface area contributed by atoms with Gasteiger partial charge in [0.15, 0.2) is 5.96 Å². The first kappa shape index (κ1) is 20.1. The van der Waals surface area contributed by atoms with Gasteiger partial charge in [0.05, 0.1) is 18.5 Å². The predicted octanol–water partition coefficient (Wildman–Crippen LogP) is 4.06. The van der Waals surface area contributed by atoms with Crippen LogP contribution in [0.5, 0.6) is 0 Å². The minimum absolute atomic E-state index is 0.218. The summed E-state index contributed by atoms with van der Waals surface area (Å²) in [4.78, 5) is 5.44. The predicted molar refractivity (Wildman–Crippen MR) is 79.6 cm³/mol. The van der Waals surface area contributed by atoms with Crippen molar-refractivity contribution in [1.82, 2.24) is 10.2 Å². The van der Waals surface area contributed by atoms with E-state index in [4.69, 9.17) is 0 Å². The zero-order chi connectivity index (χ0) is 18.4. The molecule has 0 bridgehead atoms. The number of benzene rings is 1. The molecule has 9 heteroatoms. The average Bonchev–Trinajstić information content (AvgIpc) is 2.44. The number of halogens is 6. The molecule has 1 rings (SSSR count). The van der Waals surface area contributed by atoms with Crippen LogP contribution >= 0.6 is 0 Å². The summed E-state index contributed by atoms with van der Waals surface area (Å²) in [5.74, 6) is 0.265. The van der Waals surface area contributed by atoms with Gasteiger partial charge in [0.1, 0.15) is 0 Å². The van der Waals surface area contributed by atoms with Crippen LogP contribution in [-0.2, 0) is 12.7 Å². The molecule has 136 valence electrons. The minimum Gasteiger partial charge on any atom is -0.357 e. The third kappa shape index (κ3) is 7.10. The number of rotatable bonds is 5. The van der Waals surface area contributed by atoms with E-state index in [1.165, 1.54) is 12.1 Å². The molecule has 0 saturated heterocycles. The number of nitrogens with zero attached hydrogens (tertiary/aromatic N) is 2. The topological polar surface area (TPSA) is 27.6 Å². The molecule has 1 aromatic rings. The molecule has 0 amide bonds. The zero-order valence-corrected chi connectivity index (χ0v) is 13.3. The fourth-order valence-corrected chi connectivity index (χ4v) is 1.91. The van der Waals surface area contributed by atoms with Crippen molar-refractivity contribution in [3.05, 3.63) is 35.4 Å². The standard InChI is InChI=1S/C15H19F6N3/c1-3-22-13(23-9-8-14(16,17)18)24(2)10-11-4-6-12(7-5-11)15(19,20)21/h4-7H,3,8-10H2,1-2H3,(H,22,23). The Morgan fingerprint density at radius 1 is 1.08 bits per heavy atom. The van der Waals surface area contributed by atoms with Crippen LogP contribution in [0.2, 0.25) is 0 Å². The molecule has 0 atom stereocenters. The third-order valence-corrected chi connectivity index (χ3v) is 3.05.